The molecule has 0 fully saturated rings. The molecule has 2 aromatic heterocycles. The van der Waals surface area contributed by atoms with Gasteiger partial charge in [-0.2, -0.15) is 10.4 Å². The van der Waals surface area contributed by atoms with E-state index in [9.17, 15) is 4.39 Å². The Balaban J connectivity index is 2.86. The highest BCUT2D eigenvalue weighted by atomic mass is 79.9. The molecule has 0 atom stereocenters. The molecule has 13 heavy (non-hydrogen) atoms. The third-order valence-corrected chi connectivity index (χ3v) is 2.22. The minimum Gasteiger partial charge on any atom is -0.224 e. The molecular weight excluding hydrogens is 237 g/mol. The van der Waals surface area contributed by atoms with E-state index in [-0.39, 0.29) is 0 Å². The second-order valence-electron chi connectivity index (χ2n) is 2.47. The van der Waals surface area contributed by atoms with E-state index in [1.54, 1.807) is 0 Å². The van der Waals surface area contributed by atoms with E-state index < -0.39 is 5.82 Å². The van der Waals surface area contributed by atoms with Crippen LogP contribution in [0.3, 0.4) is 0 Å². The highest BCUT2D eigenvalue weighted by Gasteiger charge is 2.07. The Bertz CT molecular complexity index is 512. The number of nitriles is 1. The van der Waals surface area contributed by atoms with E-state index >= 15 is 0 Å². The van der Waals surface area contributed by atoms with Gasteiger partial charge in [0.25, 0.3) is 0 Å². The SMILES string of the molecule is N#Cc1cnn2c(Br)cc(F)c2c1. The van der Waals surface area contributed by atoms with Crippen LogP contribution in [0.4, 0.5) is 4.39 Å². The van der Waals surface area contributed by atoms with Crippen LogP contribution in [0, 0.1) is 17.1 Å². The van der Waals surface area contributed by atoms with Gasteiger partial charge in [-0.05, 0) is 22.0 Å². The summed E-state index contributed by atoms with van der Waals surface area (Å²) < 4.78 is 15.0. The molecule has 0 aliphatic heterocycles. The molecule has 0 bridgehead atoms. The summed E-state index contributed by atoms with van der Waals surface area (Å²) >= 11 is 3.14. The molecule has 0 aliphatic rings. The van der Waals surface area contributed by atoms with Gasteiger partial charge in [-0.3, -0.25) is 0 Å². The lowest BCUT2D eigenvalue weighted by Crippen LogP contribution is -1.92. The van der Waals surface area contributed by atoms with Crippen molar-refractivity contribution in [3.63, 3.8) is 0 Å². The van der Waals surface area contributed by atoms with Gasteiger partial charge in [0.15, 0.2) is 5.82 Å². The van der Waals surface area contributed by atoms with Crippen LogP contribution in [0.15, 0.2) is 22.9 Å². The van der Waals surface area contributed by atoms with Crippen LogP contribution in [-0.2, 0) is 0 Å². The number of nitrogens with zero attached hydrogens (tertiary/aromatic N) is 3. The highest BCUT2D eigenvalue weighted by molar-refractivity contribution is 9.10. The van der Waals surface area contributed by atoms with E-state index in [0.29, 0.717) is 15.7 Å². The Morgan fingerprint density at radius 2 is 2.31 bits per heavy atom. The first-order chi connectivity index (χ1) is 6.22. The molecule has 0 saturated carbocycles. The number of rotatable bonds is 0. The first-order valence-corrected chi connectivity index (χ1v) is 4.24. The van der Waals surface area contributed by atoms with Gasteiger partial charge in [-0.15, -0.1) is 0 Å². The largest absolute Gasteiger partial charge is 0.224 e. The minimum atomic E-state index is -0.392. The number of aromatic nitrogens is 2. The fourth-order valence-corrected chi connectivity index (χ4v) is 1.55. The van der Waals surface area contributed by atoms with Crippen molar-refractivity contribution in [2.45, 2.75) is 0 Å². The summed E-state index contributed by atoms with van der Waals surface area (Å²) in [5, 5.41) is 12.4. The summed E-state index contributed by atoms with van der Waals surface area (Å²) in [6.45, 7) is 0. The maximum atomic E-state index is 13.1. The second kappa shape index (κ2) is 2.82. The maximum Gasteiger partial charge on any atom is 0.151 e. The van der Waals surface area contributed by atoms with E-state index in [1.807, 2.05) is 6.07 Å². The van der Waals surface area contributed by atoms with Gasteiger partial charge in [0, 0.05) is 6.07 Å². The quantitative estimate of drug-likeness (QED) is 0.707. The maximum absolute atomic E-state index is 13.1. The van der Waals surface area contributed by atoms with Crippen molar-refractivity contribution in [2.24, 2.45) is 0 Å². The Kier molecular flexibility index (Phi) is 1.78. The van der Waals surface area contributed by atoms with Crippen LogP contribution in [0.5, 0.6) is 0 Å². The van der Waals surface area contributed by atoms with Gasteiger partial charge in [0.1, 0.15) is 16.2 Å². The smallest absolute Gasteiger partial charge is 0.151 e. The van der Waals surface area contributed by atoms with Crippen molar-refractivity contribution < 1.29 is 4.39 Å². The third-order valence-electron chi connectivity index (χ3n) is 1.65. The summed E-state index contributed by atoms with van der Waals surface area (Å²) in [4.78, 5) is 0. The number of hydrogen-bond acceptors (Lipinski definition) is 2. The molecule has 64 valence electrons. The van der Waals surface area contributed by atoms with Crippen LogP contribution in [0.1, 0.15) is 5.56 Å². The van der Waals surface area contributed by atoms with Gasteiger partial charge < -0.3 is 0 Å². The molecule has 0 radical (unpaired) electrons. The lowest BCUT2D eigenvalue weighted by molar-refractivity contribution is 0.639. The van der Waals surface area contributed by atoms with E-state index in [0.717, 1.165) is 0 Å². The predicted octanol–water partition coefficient (Wildman–Crippen LogP) is 2.11. The van der Waals surface area contributed by atoms with Crippen molar-refractivity contribution in [2.75, 3.05) is 0 Å². The van der Waals surface area contributed by atoms with E-state index in [2.05, 4.69) is 21.0 Å². The lowest BCUT2D eigenvalue weighted by Gasteiger charge is -1.94. The normalized spacial score (nSPS) is 10.2. The fraction of sp³-hybridized carbons (Fsp3) is 0. The zero-order chi connectivity index (χ0) is 9.42. The van der Waals surface area contributed by atoms with Crippen LogP contribution >= 0.6 is 15.9 Å². The van der Waals surface area contributed by atoms with Crippen LogP contribution in [0.25, 0.3) is 5.52 Å². The van der Waals surface area contributed by atoms with Crippen molar-refractivity contribution >= 4 is 21.4 Å². The van der Waals surface area contributed by atoms with Crippen molar-refractivity contribution in [1.82, 2.24) is 9.61 Å². The van der Waals surface area contributed by atoms with Crippen molar-refractivity contribution in [1.29, 1.82) is 5.26 Å². The number of hydrogen-bond donors (Lipinski definition) is 0. The van der Waals surface area contributed by atoms with Crippen LogP contribution in [0.2, 0.25) is 0 Å². The zero-order valence-electron chi connectivity index (χ0n) is 6.33. The second-order valence-corrected chi connectivity index (χ2v) is 3.28. The van der Waals surface area contributed by atoms with Crippen molar-refractivity contribution in [3.8, 4) is 6.07 Å². The van der Waals surface area contributed by atoms with Gasteiger partial charge in [-0.1, -0.05) is 0 Å². The van der Waals surface area contributed by atoms with Gasteiger partial charge in [-0.25, -0.2) is 8.91 Å². The summed E-state index contributed by atoms with van der Waals surface area (Å²) in [7, 11) is 0. The van der Waals surface area contributed by atoms with Crippen LogP contribution in [-0.4, -0.2) is 9.61 Å². The lowest BCUT2D eigenvalue weighted by atomic mass is 10.3. The zero-order valence-corrected chi connectivity index (χ0v) is 7.92. The first-order valence-electron chi connectivity index (χ1n) is 3.45. The molecule has 0 unspecified atom stereocenters. The molecule has 5 heteroatoms. The average Bonchev–Trinajstić information content (AvgIpc) is 2.42. The Morgan fingerprint density at radius 1 is 1.54 bits per heavy atom. The Labute approximate surface area is 81.5 Å². The Hall–Kier alpha value is -1.41. The summed E-state index contributed by atoms with van der Waals surface area (Å²) in [5.74, 6) is -0.392. The monoisotopic (exact) mass is 239 g/mol. The van der Waals surface area contributed by atoms with E-state index in [1.165, 1.54) is 22.8 Å². The fourth-order valence-electron chi connectivity index (χ4n) is 1.07. The molecule has 2 rings (SSSR count). The molecule has 0 amide bonds. The molecule has 0 N–H and O–H groups in total. The minimum absolute atomic E-state index is 0.297. The molecular formula is C8H3BrFN3. The molecule has 0 aliphatic carbocycles. The van der Waals surface area contributed by atoms with Crippen molar-refractivity contribution in [3.05, 3.63) is 34.3 Å². The summed E-state index contributed by atoms with van der Waals surface area (Å²) in [6, 6.07) is 4.66. The summed E-state index contributed by atoms with van der Waals surface area (Å²) in [6.07, 6.45) is 1.39. The highest BCUT2D eigenvalue weighted by Crippen LogP contribution is 2.19. The molecule has 0 spiro atoms. The predicted molar refractivity (Wildman–Crippen MR) is 47.6 cm³/mol. The Morgan fingerprint density at radius 3 is 3.00 bits per heavy atom. The van der Waals surface area contributed by atoms with Gasteiger partial charge >= 0.3 is 0 Å². The summed E-state index contributed by atoms with van der Waals surface area (Å²) in [5.41, 5.74) is 0.642. The number of halogens is 2. The van der Waals surface area contributed by atoms with Crippen LogP contribution < -0.4 is 0 Å². The van der Waals surface area contributed by atoms with Gasteiger partial charge in [0.2, 0.25) is 0 Å². The van der Waals surface area contributed by atoms with E-state index in [4.69, 9.17) is 5.26 Å². The van der Waals surface area contributed by atoms with Gasteiger partial charge in [0.05, 0.1) is 11.8 Å². The number of fused-ring (bicyclic) bond motifs is 1. The molecule has 0 aromatic carbocycles. The molecule has 0 saturated heterocycles. The third kappa shape index (κ3) is 1.19. The standard InChI is InChI=1S/C8H3BrFN3/c9-8-2-6(10)7-1-5(3-11)4-12-13(7)8/h1-2,4H. The molecule has 2 aromatic rings. The average molecular weight is 240 g/mol. The molecule has 3 nitrogen and oxygen atoms in total. The first kappa shape index (κ1) is 8.20. The topological polar surface area (TPSA) is 41.1 Å². The molecule has 2 heterocycles.